The highest BCUT2D eigenvalue weighted by molar-refractivity contribution is 5.94. The van der Waals surface area contributed by atoms with E-state index in [0.29, 0.717) is 12.1 Å². The van der Waals surface area contributed by atoms with E-state index in [1.165, 1.54) is 43.2 Å². The van der Waals surface area contributed by atoms with Gasteiger partial charge >= 0.3 is 0 Å². The van der Waals surface area contributed by atoms with Crippen LogP contribution < -0.4 is 15.5 Å². The summed E-state index contributed by atoms with van der Waals surface area (Å²) in [5.74, 6) is 0.784. The molecule has 1 aromatic carbocycles. The van der Waals surface area contributed by atoms with Crippen LogP contribution in [0, 0.1) is 5.92 Å². The molecule has 1 amide bonds. The molecule has 2 aliphatic rings. The van der Waals surface area contributed by atoms with Gasteiger partial charge in [-0.2, -0.15) is 0 Å². The lowest BCUT2D eigenvalue weighted by Crippen LogP contribution is -2.26. The van der Waals surface area contributed by atoms with Crippen LogP contribution in [0.2, 0.25) is 0 Å². The number of halogens is 1. The van der Waals surface area contributed by atoms with Crippen molar-refractivity contribution in [3.63, 3.8) is 0 Å². The molecule has 1 aliphatic carbocycles. The van der Waals surface area contributed by atoms with E-state index in [1.54, 1.807) is 6.20 Å². The topological polar surface area (TPSA) is 73.0 Å². The molecule has 7 heteroatoms. The van der Waals surface area contributed by atoms with E-state index in [1.807, 2.05) is 12.3 Å². The molecule has 2 fully saturated rings. The first-order valence-corrected chi connectivity index (χ1v) is 11.5. The number of nitrogens with zero attached hydrogens (tertiary/aromatic N) is 2. The average Bonchev–Trinajstić information content (AvgIpc) is 3.43. The Hall–Kier alpha value is -2.57. The van der Waals surface area contributed by atoms with Gasteiger partial charge in [-0.1, -0.05) is 18.6 Å². The summed E-state index contributed by atoms with van der Waals surface area (Å²) in [5, 5.41) is 7.81. The molecule has 0 atom stereocenters. The number of carbonyl (C=O) groups excluding carboxylic acids is 1. The molecule has 3 heterocycles. The molecular formula is C25H32ClN5O. The number of H-pyrrole nitrogens is 1. The summed E-state index contributed by atoms with van der Waals surface area (Å²) in [4.78, 5) is 22.8. The molecule has 3 N–H and O–H groups in total. The Morgan fingerprint density at radius 1 is 1.06 bits per heavy atom. The van der Waals surface area contributed by atoms with Crippen LogP contribution in [0.15, 0.2) is 42.7 Å². The van der Waals surface area contributed by atoms with Crippen molar-refractivity contribution in [2.24, 2.45) is 5.92 Å². The monoisotopic (exact) mass is 453 g/mol. The number of rotatable bonds is 8. The van der Waals surface area contributed by atoms with E-state index >= 15 is 0 Å². The molecule has 5 rings (SSSR count). The van der Waals surface area contributed by atoms with E-state index in [2.05, 4.69) is 49.8 Å². The van der Waals surface area contributed by atoms with Crippen molar-refractivity contribution in [3.8, 4) is 0 Å². The second-order valence-electron chi connectivity index (χ2n) is 8.95. The standard InChI is InChI=1S/C25H31N5O.ClH/c31-25(21-12-23(17-27-15-21)30-8-1-2-9-30)28-14-19-6-7-20-11-22(29-24(20)10-19)16-26-13-18-4-3-5-18;/h6-7,10-12,15,17-18,26,29H,1-5,8-9,13-14,16H2,(H,28,31);1H. The van der Waals surface area contributed by atoms with Gasteiger partial charge in [-0.25, -0.2) is 0 Å². The van der Waals surface area contributed by atoms with Gasteiger partial charge in [0.1, 0.15) is 0 Å². The van der Waals surface area contributed by atoms with E-state index in [-0.39, 0.29) is 18.3 Å². The van der Waals surface area contributed by atoms with Crippen LogP contribution in [0.4, 0.5) is 5.69 Å². The van der Waals surface area contributed by atoms with Gasteiger partial charge in [0.25, 0.3) is 5.91 Å². The van der Waals surface area contributed by atoms with Crippen molar-refractivity contribution in [2.75, 3.05) is 24.5 Å². The number of nitrogens with one attached hydrogen (secondary N) is 3. The summed E-state index contributed by atoms with van der Waals surface area (Å²) in [6, 6.07) is 10.5. The Labute approximate surface area is 195 Å². The number of hydrogen-bond donors (Lipinski definition) is 3. The zero-order valence-corrected chi connectivity index (χ0v) is 19.2. The highest BCUT2D eigenvalue weighted by atomic mass is 35.5. The van der Waals surface area contributed by atoms with Gasteiger partial charge < -0.3 is 20.5 Å². The number of pyridine rings is 1. The predicted molar refractivity (Wildman–Crippen MR) is 131 cm³/mol. The first kappa shape index (κ1) is 22.6. The van der Waals surface area contributed by atoms with Crippen LogP contribution >= 0.6 is 12.4 Å². The lowest BCUT2D eigenvalue weighted by molar-refractivity contribution is 0.0950. The first-order chi connectivity index (χ1) is 15.2. The SMILES string of the molecule is Cl.O=C(NCc1ccc2cc(CNCC3CCC3)[nH]c2c1)c1cncc(N2CCCC2)c1. The van der Waals surface area contributed by atoms with Crippen molar-refractivity contribution < 1.29 is 4.79 Å². The molecule has 32 heavy (non-hydrogen) atoms. The maximum absolute atomic E-state index is 12.7. The fraction of sp³-hybridized carbons (Fsp3) is 0.440. The van der Waals surface area contributed by atoms with Crippen molar-refractivity contribution in [3.05, 3.63) is 59.5 Å². The first-order valence-electron chi connectivity index (χ1n) is 11.5. The van der Waals surface area contributed by atoms with E-state index < -0.39 is 0 Å². The van der Waals surface area contributed by atoms with E-state index in [4.69, 9.17) is 0 Å². The second-order valence-corrected chi connectivity index (χ2v) is 8.95. The molecular weight excluding hydrogens is 422 g/mol. The third kappa shape index (κ3) is 5.25. The summed E-state index contributed by atoms with van der Waals surface area (Å²) in [5.41, 5.74) is 5.06. The number of carbonyl (C=O) groups is 1. The highest BCUT2D eigenvalue weighted by Crippen LogP contribution is 2.25. The smallest absolute Gasteiger partial charge is 0.253 e. The fourth-order valence-electron chi connectivity index (χ4n) is 4.53. The molecule has 0 bridgehead atoms. The molecule has 3 aromatic rings. The minimum Gasteiger partial charge on any atom is -0.370 e. The number of anilines is 1. The minimum atomic E-state index is -0.0824. The summed E-state index contributed by atoms with van der Waals surface area (Å²) in [6.07, 6.45) is 10.0. The third-order valence-corrected chi connectivity index (χ3v) is 6.63. The second kappa shape index (κ2) is 10.4. The van der Waals surface area contributed by atoms with Crippen molar-refractivity contribution in [2.45, 2.75) is 45.2 Å². The van der Waals surface area contributed by atoms with Gasteiger partial charge in [-0.05, 0) is 67.3 Å². The van der Waals surface area contributed by atoms with Gasteiger partial charge in [0.05, 0.1) is 17.4 Å². The zero-order valence-electron chi connectivity index (χ0n) is 18.4. The molecule has 0 unspecified atom stereocenters. The van der Waals surface area contributed by atoms with Crippen LogP contribution in [0.25, 0.3) is 10.9 Å². The van der Waals surface area contributed by atoms with Crippen molar-refractivity contribution in [1.82, 2.24) is 20.6 Å². The van der Waals surface area contributed by atoms with Gasteiger partial charge in [0.15, 0.2) is 0 Å². The van der Waals surface area contributed by atoms with Gasteiger partial charge in [-0.3, -0.25) is 9.78 Å². The molecule has 1 saturated carbocycles. The van der Waals surface area contributed by atoms with Crippen LogP contribution in [0.3, 0.4) is 0 Å². The minimum absolute atomic E-state index is 0. The molecule has 0 radical (unpaired) electrons. The number of hydrogen-bond acceptors (Lipinski definition) is 4. The number of fused-ring (bicyclic) bond motifs is 1. The van der Waals surface area contributed by atoms with E-state index in [9.17, 15) is 4.79 Å². The third-order valence-electron chi connectivity index (χ3n) is 6.63. The summed E-state index contributed by atoms with van der Waals surface area (Å²) in [7, 11) is 0. The molecule has 0 spiro atoms. The maximum atomic E-state index is 12.7. The van der Waals surface area contributed by atoms with Gasteiger partial charge in [0.2, 0.25) is 0 Å². The van der Waals surface area contributed by atoms with Crippen LogP contribution in [0.1, 0.15) is 53.7 Å². The van der Waals surface area contributed by atoms with E-state index in [0.717, 1.165) is 48.9 Å². The fourth-order valence-corrected chi connectivity index (χ4v) is 4.53. The molecule has 1 aliphatic heterocycles. The molecule has 6 nitrogen and oxygen atoms in total. The van der Waals surface area contributed by atoms with Crippen LogP contribution in [-0.2, 0) is 13.1 Å². The Morgan fingerprint density at radius 3 is 2.69 bits per heavy atom. The quantitative estimate of drug-likeness (QED) is 0.472. The largest absolute Gasteiger partial charge is 0.370 e. The summed E-state index contributed by atoms with van der Waals surface area (Å²) >= 11 is 0. The Kier molecular flexibility index (Phi) is 7.33. The average molecular weight is 454 g/mol. The lowest BCUT2D eigenvalue weighted by atomic mass is 9.85. The van der Waals surface area contributed by atoms with Crippen molar-refractivity contribution >= 4 is 34.9 Å². The van der Waals surface area contributed by atoms with Crippen LogP contribution in [0.5, 0.6) is 0 Å². The van der Waals surface area contributed by atoms with Gasteiger partial charge in [0, 0.05) is 43.6 Å². The predicted octanol–water partition coefficient (Wildman–Crippen LogP) is 4.40. The highest BCUT2D eigenvalue weighted by Gasteiger charge is 2.17. The molecule has 2 aromatic heterocycles. The Balaban J connectivity index is 0.00000245. The lowest BCUT2D eigenvalue weighted by Gasteiger charge is -2.25. The summed E-state index contributed by atoms with van der Waals surface area (Å²) < 4.78 is 0. The Morgan fingerprint density at radius 2 is 1.91 bits per heavy atom. The van der Waals surface area contributed by atoms with Crippen molar-refractivity contribution in [1.29, 1.82) is 0 Å². The van der Waals surface area contributed by atoms with Crippen LogP contribution in [-0.4, -0.2) is 35.5 Å². The number of aromatic amines is 1. The number of aromatic nitrogens is 2. The Bertz CT molecular complexity index is 1060. The number of amides is 1. The molecule has 1 saturated heterocycles. The zero-order chi connectivity index (χ0) is 21.0. The maximum Gasteiger partial charge on any atom is 0.253 e. The number of benzene rings is 1. The molecule has 170 valence electrons. The normalized spacial score (nSPS) is 16.1. The van der Waals surface area contributed by atoms with Gasteiger partial charge in [-0.15, -0.1) is 12.4 Å². The summed E-state index contributed by atoms with van der Waals surface area (Å²) in [6.45, 7) is 4.57.